The first-order valence-electron chi connectivity index (χ1n) is 10.1. The first kappa shape index (κ1) is 19.6. The van der Waals surface area contributed by atoms with Gasteiger partial charge in [0.2, 0.25) is 0 Å². The summed E-state index contributed by atoms with van der Waals surface area (Å²) in [5.74, 6) is 0.788. The molecule has 2 atom stereocenters. The molecule has 0 saturated heterocycles. The molecule has 1 aliphatic rings. The lowest BCUT2D eigenvalue weighted by Gasteiger charge is -2.35. The Morgan fingerprint density at radius 2 is 2.10 bits per heavy atom. The van der Waals surface area contributed by atoms with Gasteiger partial charge >= 0.3 is 0 Å². The zero-order valence-electron chi connectivity index (χ0n) is 16.6. The molecule has 0 fully saturated rings. The third kappa shape index (κ3) is 3.63. The zero-order valence-corrected chi connectivity index (χ0v) is 18.2. The highest BCUT2D eigenvalue weighted by atomic mass is 35.5. The van der Waals surface area contributed by atoms with Crippen LogP contribution >= 0.6 is 22.9 Å². The Labute approximate surface area is 184 Å². The second kappa shape index (κ2) is 8.08. The van der Waals surface area contributed by atoms with Crippen LogP contribution in [0.25, 0.3) is 27.2 Å². The van der Waals surface area contributed by atoms with Crippen LogP contribution in [-0.2, 0) is 0 Å². The van der Waals surface area contributed by atoms with Gasteiger partial charge in [-0.3, -0.25) is 4.90 Å². The number of hydrogen-bond acceptors (Lipinski definition) is 4. The molecule has 2 unspecified atom stereocenters. The molecule has 0 spiro atoms. The van der Waals surface area contributed by atoms with Crippen LogP contribution in [0.1, 0.15) is 18.2 Å². The van der Waals surface area contributed by atoms with Gasteiger partial charge in [0.15, 0.2) is 6.23 Å². The number of benzene rings is 2. The van der Waals surface area contributed by atoms with Crippen LogP contribution in [0.5, 0.6) is 5.75 Å². The van der Waals surface area contributed by atoms with Crippen LogP contribution in [0.3, 0.4) is 0 Å². The average Bonchev–Trinajstić information content (AvgIpc) is 3.39. The fraction of sp³-hybridized carbons (Fsp3) is 0.250. The third-order valence-electron chi connectivity index (χ3n) is 5.67. The number of nitrogens with zero attached hydrogens (tertiary/aromatic N) is 1. The van der Waals surface area contributed by atoms with Gasteiger partial charge < -0.3 is 14.8 Å². The summed E-state index contributed by atoms with van der Waals surface area (Å²) in [6, 6.07) is 14.0. The lowest BCUT2D eigenvalue weighted by atomic mass is 10.0. The highest BCUT2D eigenvalue weighted by molar-refractivity contribution is 7.12. The maximum atomic E-state index is 10.5. The molecule has 4 aromatic rings. The first-order valence-corrected chi connectivity index (χ1v) is 11.4. The van der Waals surface area contributed by atoms with E-state index in [1.165, 1.54) is 21.2 Å². The van der Waals surface area contributed by atoms with E-state index in [0.29, 0.717) is 0 Å². The van der Waals surface area contributed by atoms with Crippen molar-refractivity contribution >= 4 is 50.2 Å². The number of aliphatic hydroxyl groups excluding tert-OH is 1. The van der Waals surface area contributed by atoms with Gasteiger partial charge in [-0.1, -0.05) is 29.8 Å². The van der Waals surface area contributed by atoms with Crippen LogP contribution in [0, 0.1) is 0 Å². The topological polar surface area (TPSA) is 48.5 Å². The van der Waals surface area contributed by atoms with Crippen molar-refractivity contribution in [2.45, 2.75) is 25.7 Å². The van der Waals surface area contributed by atoms with Gasteiger partial charge in [0.1, 0.15) is 11.9 Å². The Kier molecular flexibility index (Phi) is 5.29. The summed E-state index contributed by atoms with van der Waals surface area (Å²) in [6.07, 6.45) is 4.07. The molecule has 2 aromatic carbocycles. The number of halogens is 1. The first-order chi connectivity index (χ1) is 14.6. The predicted molar refractivity (Wildman–Crippen MR) is 125 cm³/mol. The number of fused-ring (bicyclic) bond motifs is 2. The molecule has 0 radical (unpaired) electrons. The van der Waals surface area contributed by atoms with Crippen LogP contribution in [0.4, 0.5) is 0 Å². The van der Waals surface area contributed by atoms with E-state index in [-0.39, 0.29) is 0 Å². The van der Waals surface area contributed by atoms with E-state index < -0.39 is 12.3 Å². The number of ether oxygens (including phenoxy) is 1. The summed E-state index contributed by atoms with van der Waals surface area (Å²) in [7, 11) is 0. The largest absolute Gasteiger partial charge is 0.472 e. The van der Waals surface area contributed by atoms with Crippen LogP contribution in [0.15, 0.2) is 60.1 Å². The zero-order chi connectivity index (χ0) is 20.7. The summed E-state index contributed by atoms with van der Waals surface area (Å²) in [6.45, 7) is 3.36. The van der Waals surface area contributed by atoms with E-state index in [1.54, 1.807) is 18.3 Å². The van der Waals surface area contributed by atoms with Gasteiger partial charge in [-0.15, -0.1) is 11.3 Å². The smallest absolute Gasteiger partial charge is 0.178 e. The van der Waals surface area contributed by atoms with E-state index in [2.05, 4.69) is 27.4 Å². The van der Waals surface area contributed by atoms with E-state index in [4.69, 9.17) is 16.3 Å². The highest BCUT2D eigenvalue weighted by Crippen LogP contribution is 2.36. The Morgan fingerprint density at radius 1 is 1.20 bits per heavy atom. The molecule has 0 bridgehead atoms. The Balaban J connectivity index is 1.38. The minimum atomic E-state index is -0.612. The molecule has 5 rings (SSSR count). The normalized spacial score (nSPS) is 17.2. The van der Waals surface area contributed by atoms with E-state index in [0.717, 1.165) is 41.2 Å². The number of aliphatic hydroxyl groups is 1. The Bertz CT molecular complexity index is 1230. The molecule has 30 heavy (non-hydrogen) atoms. The Morgan fingerprint density at radius 3 is 2.90 bits per heavy atom. The molecule has 0 saturated carbocycles. The molecule has 0 aliphatic carbocycles. The van der Waals surface area contributed by atoms with Gasteiger partial charge in [-0.25, -0.2) is 0 Å². The number of aromatic amines is 1. The van der Waals surface area contributed by atoms with Crippen molar-refractivity contribution in [2.24, 2.45) is 0 Å². The summed E-state index contributed by atoms with van der Waals surface area (Å²) in [4.78, 5) is 6.72. The average molecular weight is 439 g/mol. The maximum Gasteiger partial charge on any atom is 0.178 e. The second-order valence-corrected chi connectivity index (χ2v) is 9.03. The van der Waals surface area contributed by atoms with Crippen molar-refractivity contribution < 1.29 is 9.84 Å². The van der Waals surface area contributed by atoms with Crippen molar-refractivity contribution in [1.29, 1.82) is 0 Å². The minimum absolute atomic E-state index is 0.401. The molecule has 1 aliphatic heterocycles. The number of H-pyrrole nitrogens is 1. The number of nitrogens with one attached hydrogen (secondary N) is 1. The molecule has 154 valence electrons. The van der Waals surface area contributed by atoms with Crippen molar-refractivity contribution in [1.82, 2.24) is 9.88 Å². The van der Waals surface area contributed by atoms with Crippen LogP contribution in [-0.4, -0.2) is 40.4 Å². The van der Waals surface area contributed by atoms with E-state index in [9.17, 15) is 5.11 Å². The van der Waals surface area contributed by atoms with E-state index in [1.807, 2.05) is 42.6 Å². The third-order valence-corrected chi connectivity index (χ3v) is 6.99. The van der Waals surface area contributed by atoms with Gasteiger partial charge in [-0.05, 0) is 60.0 Å². The fourth-order valence-electron chi connectivity index (χ4n) is 4.16. The van der Waals surface area contributed by atoms with E-state index >= 15 is 0 Å². The van der Waals surface area contributed by atoms with Gasteiger partial charge in [-0.2, -0.15) is 0 Å². The summed E-state index contributed by atoms with van der Waals surface area (Å²) in [5.41, 5.74) is 2.38. The summed E-state index contributed by atoms with van der Waals surface area (Å²) in [5, 5.41) is 16.9. The molecule has 6 heteroatoms. The maximum absolute atomic E-state index is 10.5. The molecular weight excluding hydrogens is 416 g/mol. The van der Waals surface area contributed by atoms with Crippen molar-refractivity contribution in [3.63, 3.8) is 0 Å². The number of hydrogen-bond donors (Lipinski definition) is 2. The minimum Gasteiger partial charge on any atom is -0.472 e. The summed E-state index contributed by atoms with van der Waals surface area (Å²) < 4.78 is 6.31. The standard InChI is InChI=1S/C24H23ClN2O2S/c1-15(28)24(29-22-4-2-3-21-20(22)7-10-26-21)27-11-8-16(9-12-27)23-19-6-5-18(25)13-17(19)14-30-23/h2-8,10,13-15,24,26,28H,9,11-12H2,1H3. The van der Waals surface area contributed by atoms with Gasteiger partial charge in [0.05, 0.1) is 0 Å². The van der Waals surface area contributed by atoms with Gasteiger partial charge in [0, 0.05) is 45.5 Å². The van der Waals surface area contributed by atoms with Crippen molar-refractivity contribution in [2.75, 3.05) is 13.1 Å². The fourth-order valence-corrected chi connectivity index (χ4v) is 5.43. The van der Waals surface area contributed by atoms with Gasteiger partial charge in [0.25, 0.3) is 0 Å². The van der Waals surface area contributed by atoms with Crippen LogP contribution < -0.4 is 4.74 Å². The van der Waals surface area contributed by atoms with Crippen molar-refractivity contribution in [3.8, 4) is 5.75 Å². The molecule has 4 nitrogen and oxygen atoms in total. The lowest BCUT2D eigenvalue weighted by Crippen LogP contribution is -2.48. The SMILES string of the molecule is CC(O)C(Oc1cccc2[nH]ccc12)N1CC=C(c2scc3cc(Cl)ccc23)CC1. The number of thiophene rings is 1. The predicted octanol–water partition coefficient (Wildman–Crippen LogP) is 5.91. The molecular formula is C24H23ClN2O2S. The monoisotopic (exact) mass is 438 g/mol. The quantitative estimate of drug-likeness (QED) is 0.407. The number of aromatic nitrogens is 1. The van der Waals surface area contributed by atoms with Crippen molar-refractivity contribution in [3.05, 3.63) is 70.0 Å². The summed E-state index contributed by atoms with van der Waals surface area (Å²) >= 11 is 7.91. The second-order valence-electron chi connectivity index (χ2n) is 7.71. The Hall–Kier alpha value is -2.31. The number of rotatable bonds is 5. The molecule has 3 heterocycles. The van der Waals surface area contributed by atoms with Crippen LogP contribution in [0.2, 0.25) is 5.02 Å². The molecule has 2 aromatic heterocycles. The lowest BCUT2D eigenvalue weighted by molar-refractivity contribution is -0.0528. The highest BCUT2D eigenvalue weighted by Gasteiger charge is 2.28. The molecule has 0 amide bonds. The molecule has 2 N–H and O–H groups in total.